The molecule has 136 valence electrons. The zero-order valence-corrected chi connectivity index (χ0v) is 14.1. The minimum absolute atomic E-state index is 0.00948. The molecule has 0 bridgehead atoms. The van der Waals surface area contributed by atoms with Crippen LogP contribution in [0.25, 0.3) is 10.9 Å². The summed E-state index contributed by atoms with van der Waals surface area (Å²) in [5.74, 6) is -3.24. The van der Waals surface area contributed by atoms with E-state index in [1.54, 1.807) is 54.6 Å². The number of anilines is 1. The summed E-state index contributed by atoms with van der Waals surface area (Å²) in [5, 5.41) is 19.4. The molecule has 2 amide bonds. The molecule has 1 fully saturated rings. The zero-order chi connectivity index (χ0) is 19.0. The maximum atomic E-state index is 12.8. The third-order valence-corrected chi connectivity index (χ3v) is 4.67. The number of amides is 2. The van der Waals surface area contributed by atoms with E-state index < -0.39 is 29.7 Å². The second-order valence-electron chi connectivity index (χ2n) is 6.30. The van der Waals surface area contributed by atoms with Gasteiger partial charge in [-0.15, -0.1) is 0 Å². The number of para-hydroxylation sites is 2. The number of hydrogen-bond acceptors (Lipinski definition) is 4. The largest absolute Gasteiger partial charge is 0.481 e. The van der Waals surface area contributed by atoms with Gasteiger partial charge in [-0.1, -0.05) is 36.4 Å². The molecule has 0 spiro atoms. The monoisotopic (exact) mass is 364 g/mol. The van der Waals surface area contributed by atoms with Crippen LogP contribution in [0, 0.1) is 5.92 Å². The van der Waals surface area contributed by atoms with Crippen molar-refractivity contribution in [2.24, 2.45) is 5.92 Å². The van der Waals surface area contributed by atoms with Crippen LogP contribution in [0.4, 0.5) is 5.69 Å². The van der Waals surface area contributed by atoms with Crippen LogP contribution in [0.2, 0.25) is 0 Å². The van der Waals surface area contributed by atoms with Gasteiger partial charge in [0.05, 0.1) is 5.52 Å². The number of carboxylic acid groups (broad SMARTS) is 1. The first kappa shape index (κ1) is 16.8. The molecule has 0 saturated carbocycles. The summed E-state index contributed by atoms with van der Waals surface area (Å²) in [7, 11) is 0. The Kier molecular flexibility index (Phi) is 4.08. The molecule has 8 heteroatoms. The molecule has 0 unspecified atom stereocenters. The van der Waals surface area contributed by atoms with Gasteiger partial charge in [0.25, 0.3) is 11.8 Å². The van der Waals surface area contributed by atoms with E-state index in [2.05, 4.69) is 15.5 Å². The maximum absolute atomic E-state index is 12.8. The van der Waals surface area contributed by atoms with Crippen molar-refractivity contribution < 1.29 is 19.5 Å². The Hall–Kier alpha value is -3.68. The minimum Gasteiger partial charge on any atom is -0.481 e. The van der Waals surface area contributed by atoms with Crippen molar-refractivity contribution in [3.63, 3.8) is 0 Å². The highest BCUT2D eigenvalue weighted by Gasteiger charge is 2.46. The summed E-state index contributed by atoms with van der Waals surface area (Å²) in [6, 6.07) is 14.7. The fourth-order valence-electron chi connectivity index (χ4n) is 3.30. The van der Waals surface area contributed by atoms with Gasteiger partial charge in [-0.3, -0.25) is 19.5 Å². The number of hydrogen-bond donors (Lipinski definition) is 3. The predicted octanol–water partition coefficient (Wildman–Crippen LogP) is 1.41. The summed E-state index contributed by atoms with van der Waals surface area (Å²) >= 11 is 0. The predicted molar refractivity (Wildman–Crippen MR) is 97.3 cm³/mol. The zero-order valence-electron chi connectivity index (χ0n) is 14.1. The van der Waals surface area contributed by atoms with Crippen LogP contribution in [0.15, 0.2) is 54.6 Å². The highest BCUT2D eigenvalue weighted by atomic mass is 16.4. The summed E-state index contributed by atoms with van der Waals surface area (Å²) in [5.41, 5.74) is 1.40. The van der Waals surface area contributed by atoms with E-state index in [4.69, 9.17) is 0 Å². The molecular weight excluding hydrogens is 348 g/mol. The summed E-state index contributed by atoms with van der Waals surface area (Å²) in [4.78, 5) is 38.5. The first-order chi connectivity index (χ1) is 13.1. The van der Waals surface area contributed by atoms with Gasteiger partial charge in [0, 0.05) is 17.6 Å². The summed E-state index contributed by atoms with van der Waals surface area (Å²) in [6.07, 6.45) is 0. The van der Waals surface area contributed by atoms with Crippen molar-refractivity contribution in [1.29, 1.82) is 0 Å². The molecule has 0 radical (unpaired) electrons. The van der Waals surface area contributed by atoms with Crippen LogP contribution in [0.5, 0.6) is 0 Å². The number of nitrogens with zero attached hydrogens (tertiary/aromatic N) is 2. The highest BCUT2D eigenvalue weighted by molar-refractivity contribution is 6.09. The number of fused-ring (bicyclic) bond motifs is 1. The fourth-order valence-corrected chi connectivity index (χ4v) is 3.30. The first-order valence-corrected chi connectivity index (χ1v) is 8.39. The van der Waals surface area contributed by atoms with Crippen LogP contribution in [0.1, 0.15) is 10.5 Å². The van der Waals surface area contributed by atoms with Crippen molar-refractivity contribution in [3.05, 3.63) is 60.3 Å². The van der Waals surface area contributed by atoms with Gasteiger partial charge >= 0.3 is 5.97 Å². The molecule has 1 aromatic heterocycles. The van der Waals surface area contributed by atoms with Gasteiger partial charge < -0.3 is 15.3 Å². The van der Waals surface area contributed by atoms with E-state index in [0.717, 1.165) is 0 Å². The Labute approximate surface area is 153 Å². The number of carbonyl (C=O) groups is 3. The maximum Gasteiger partial charge on any atom is 0.310 e. The smallest absolute Gasteiger partial charge is 0.310 e. The van der Waals surface area contributed by atoms with Gasteiger partial charge in [-0.25, -0.2) is 0 Å². The average Bonchev–Trinajstić information content (AvgIpc) is 3.24. The highest BCUT2D eigenvalue weighted by Crippen LogP contribution is 2.26. The van der Waals surface area contributed by atoms with Gasteiger partial charge in [-0.05, 0) is 18.2 Å². The minimum atomic E-state index is -1.16. The molecule has 1 aliphatic heterocycles. The number of aromatic nitrogens is 2. The third kappa shape index (κ3) is 2.91. The van der Waals surface area contributed by atoms with Crippen molar-refractivity contribution in [2.45, 2.75) is 6.04 Å². The van der Waals surface area contributed by atoms with Crippen LogP contribution >= 0.6 is 0 Å². The Morgan fingerprint density at radius 3 is 2.56 bits per heavy atom. The van der Waals surface area contributed by atoms with E-state index in [9.17, 15) is 19.5 Å². The molecule has 1 aliphatic rings. The molecule has 3 N–H and O–H groups in total. The molecule has 4 rings (SSSR count). The lowest BCUT2D eigenvalue weighted by molar-refractivity contribution is -0.142. The molecule has 0 aliphatic carbocycles. The molecule has 1 saturated heterocycles. The topological polar surface area (TPSA) is 115 Å². The number of benzene rings is 2. The SMILES string of the molecule is O=C(N[C@H]1C(=O)N(c2ccccc2)C[C@H]1C(=O)O)c1n[nH]c2ccccc12. The molecule has 2 atom stereocenters. The lowest BCUT2D eigenvalue weighted by Gasteiger charge is -2.16. The Bertz CT molecular complexity index is 1030. The number of rotatable bonds is 4. The van der Waals surface area contributed by atoms with Crippen LogP contribution in [-0.2, 0) is 9.59 Å². The number of nitrogens with one attached hydrogen (secondary N) is 2. The van der Waals surface area contributed by atoms with E-state index in [1.165, 1.54) is 4.90 Å². The lowest BCUT2D eigenvalue weighted by atomic mass is 10.0. The first-order valence-electron chi connectivity index (χ1n) is 8.39. The summed E-state index contributed by atoms with van der Waals surface area (Å²) < 4.78 is 0. The van der Waals surface area contributed by atoms with E-state index in [0.29, 0.717) is 16.6 Å². The van der Waals surface area contributed by atoms with Gasteiger partial charge in [0.15, 0.2) is 5.69 Å². The second kappa shape index (κ2) is 6.56. The van der Waals surface area contributed by atoms with Crippen molar-refractivity contribution in [1.82, 2.24) is 15.5 Å². The third-order valence-electron chi connectivity index (χ3n) is 4.67. The molecule has 3 aromatic rings. The summed E-state index contributed by atoms with van der Waals surface area (Å²) in [6.45, 7) is -0.00948. The van der Waals surface area contributed by atoms with Gasteiger partial charge in [-0.2, -0.15) is 5.10 Å². The number of carboxylic acids is 1. The van der Waals surface area contributed by atoms with Crippen molar-refractivity contribution in [3.8, 4) is 0 Å². The van der Waals surface area contributed by atoms with Crippen LogP contribution in [0.3, 0.4) is 0 Å². The van der Waals surface area contributed by atoms with Gasteiger partial charge in [0.2, 0.25) is 0 Å². The van der Waals surface area contributed by atoms with E-state index >= 15 is 0 Å². The lowest BCUT2D eigenvalue weighted by Crippen LogP contribution is -2.46. The average molecular weight is 364 g/mol. The molecule has 8 nitrogen and oxygen atoms in total. The van der Waals surface area contributed by atoms with Crippen LogP contribution < -0.4 is 10.2 Å². The van der Waals surface area contributed by atoms with Crippen molar-refractivity contribution >= 4 is 34.4 Å². The molecule has 2 aromatic carbocycles. The fraction of sp³-hybridized carbons (Fsp3) is 0.158. The Morgan fingerprint density at radius 2 is 1.81 bits per heavy atom. The second-order valence-corrected chi connectivity index (χ2v) is 6.30. The quantitative estimate of drug-likeness (QED) is 0.647. The number of carbonyl (C=O) groups excluding carboxylic acids is 2. The van der Waals surface area contributed by atoms with E-state index in [-0.39, 0.29) is 12.2 Å². The van der Waals surface area contributed by atoms with E-state index in [1.807, 2.05) is 0 Å². The molecule has 2 heterocycles. The molecule has 27 heavy (non-hydrogen) atoms. The number of aromatic amines is 1. The number of H-pyrrole nitrogens is 1. The van der Waals surface area contributed by atoms with Crippen molar-refractivity contribution in [2.75, 3.05) is 11.4 Å². The Morgan fingerprint density at radius 1 is 1.11 bits per heavy atom. The normalized spacial score (nSPS) is 19.4. The Balaban J connectivity index is 1.62. The molecular formula is C19H16N4O4. The standard InChI is InChI=1S/C19H16N4O4/c24-17(15-12-8-4-5-9-14(12)21-22-15)20-16-13(19(26)27)10-23(18(16)25)11-6-2-1-3-7-11/h1-9,13,16H,10H2,(H,20,24)(H,21,22)(H,26,27)/t13-,16-/m1/s1. The number of aliphatic carboxylic acids is 1. The van der Waals surface area contributed by atoms with Crippen LogP contribution in [-0.4, -0.2) is 45.7 Å². The van der Waals surface area contributed by atoms with Gasteiger partial charge in [0.1, 0.15) is 12.0 Å².